The van der Waals surface area contributed by atoms with E-state index in [2.05, 4.69) is 55.6 Å². The van der Waals surface area contributed by atoms with E-state index >= 15 is 0 Å². The second kappa shape index (κ2) is 4.93. The first-order valence-corrected chi connectivity index (χ1v) is 7.29. The van der Waals surface area contributed by atoms with Crippen LogP contribution in [-0.4, -0.2) is 17.6 Å². The lowest BCUT2D eigenvalue weighted by Crippen LogP contribution is -2.38. The number of aromatic nitrogens is 1. The first-order chi connectivity index (χ1) is 9.21. The zero-order chi connectivity index (χ0) is 13.3. The van der Waals surface area contributed by atoms with E-state index in [1.165, 1.54) is 23.9 Å². The highest BCUT2D eigenvalue weighted by Crippen LogP contribution is 2.48. The van der Waals surface area contributed by atoms with Gasteiger partial charge in [0.25, 0.3) is 0 Å². The summed E-state index contributed by atoms with van der Waals surface area (Å²) in [6, 6.07) is 13.3. The van der Waals surface area contributed by atoms with Gasteiger partial charge in [0.05, 0.1) is 5.52 Å². The van der Waals surface area contributed by atoms with E-state index in [4.69, 9.17) is 4.98 Å². The fourth-order valence-electron chi connectivity index (χ4n) is 2.79. The number of likely N-dealkylation sites (N-methyl/N-ethyl adjacent to an activating group) is 1. The van der Waals surface area contributed by atoms with E-state index in [1.54, 1.807) is 0 Å². The Morgan fingerprint density at radius 1 is 1.21 bits per heavy atom. The molecule has 1 aliphatic carbocycles. The van der Waals surface area contributed by atoms with Crippen LogP contribution in [-0.2, 0) is 6.42 Å². The molecule has 100 valence electrons. The number of nitrogens with zero attached hydrogens (tertiary/aromatic N) is 1. The first kappa shape index (κ1) is 12.6. The molecule has 1 fully saturated rings. The third kappa shape index (κ3) is 2.64. The largest absolute Gasteiger partial charge is 0.313 e. The van der Waals surface area contributed by atoms with Crippen LogP contribution in [0.3, 0.4) is 0 Å². The summed E-state index contributed by atoms with van der Waals surface area (Å²) in [5.41, 5.74) is 2.80. The molecule has 19 heavy (non-hydrogen) atoms. The van der Waals surface area contributed by atoms with Crippen molar-refractivity contribution < 1.29 is 0 Å². The highest BCUT2D eigenvalue weighted by molar-refractivity contribution is 5.78. The Labute approximate surface area is 115 Å². The normalized spacial score (nSPS) is 18.4. The molecular formula is C17H22N2. The molecule has 1 aromatic carbocycles. The van der Waals surface area contributed by atoms with Gasteiger partial charge in [-0.15, -0.1) is 0 Å². The molecule has 1 atom stereocenters. The van der Waals surface area contributed by atoms with E-state index < -0.39 is 0 Å². The first-order valence-electron chi connectivity index (χ1n) is 7.29. The van der Waals surface area contributed by atoms with Crippen molar-refractivity contribution >= 4 is 10.9 Å². The average molecular weight is 254 g/mol. The van der Waals surface area contributed by atoms with Crippen LogP contribution in [0.4, 0.5) is 0 Å². The summed E-state index contributed by atoms with van der Waals surface area (Å²) in [6.07, 6.45) is 3.73. The van der Waals surface area contributed by atoms with Crippen molar-refractivity contribution in [3.05, 3.63) is 42.1 Å². The van der Waals surface area contributed by atoms with E-state index in [-0.39, 0.29) is 0 Å². The van der Waals surface area contributed by atoms with Gasteiger partial charge in [-0.25, -0.2) is 0 Å². The maximum Gasteiger partial charge on any atom is 0.0705 e. The lowest BCUT2D eigenvalue weighted by molar-refractivity contribution is 0.358. The Kier molecular flexibility index (Phi) is 3.28. The van der Waals surface area contributed by atoms with Crippen molar-refractivity contribution in [2.24, 2.45) is 5.41 Å². The maximum absolute atomic E-state index is 4.80. The number of nitrogens with one attached hydrogen (secondary N) is 1. The van der Waals surface area contributed by atoms with Crippen LogP contribution in [0.1, 0.15) is 32.4 Å². The Balaban J connectivity index is 1.83. The quantitative estimate of drug-likeness (QED) is 0.882. The molecule has 3 rings (SSSR count). The highest BCUT2D eigenvalue weighted by atomic mass is 14.9. The minimum absolute atomic E-state index is 0.489. The smallest absolute Gasteiger partial charge is 0.0705 e. The van der Waals surface area contributed by atoms with Gasteiger partial charge in [0, 0.05) is 23.5 Å². The van der Waals surface area contributed by atoms with Crippen LogP contribution < -0.4 is 5.32 Å². The van der Waals surface area contributed by atoms with Crippen LogP contribution in [0.2, 0.25) is 0 Å². The van der Waals surface area contributed by atoms with Crippen LogP contribution in [0.15, 0.2) is 36.4 Å². The van der Waals surface area contributed by atoms with Gasteiger partial charge in [-0.2, -0.15) is 0 Å². The topological polar surface area (TPSA) is 24.9 Å². The number of hydrogen-bond acceptors (Lipinski definition) is 2. The van der Waals surface area contributed by atoms with E-state index in [1.807, 2.05) is 0 Å². The van der Waals surface area contributed by atoms with Crippen molar-refractivity contribution in [1.82, 2.24) is 10.3 Å². The Morgan fingerprint density at radius 3 is 2.74 bits per heavy atom. The van der Waals surface area contributed by atoms with E-state index in [9.17, 15) is 0 Å². The van der Waals surface area contributed by atoms with Gasteiger partial charge in [-0.1, -0.05) is 38.1 Å². The molecule has 0 radical (unpaired) electrons. The molecule has 2 aromatic rings. The number of para-hydroxylation sites is 1. The molecule has 1 aromatic heterocycles. The lowest BCUT2D eigenvalue weighted by atomic mass is 9.94. The predicted molar refractivity (Wildman–Crippen MR) is 80.3 cm³/mol. The Hall–Kier alpha value is -1.41. The van der Waals surface area contributed by atoms with Crippen molar-refractivity contribution in [3.63, 3.8) is 0 Å². The van der Waals surface area contributed by atoms with Gasteiger partial charge in [0.15, 0.2) is 0 Å². The van der Waals surface area contributed by atoms with Gasteiger partial charge < -0.3 is 5.32 Å². The second-order valence-corrected chi connectivity index (χ2v) is 5.96. The summed E-state index contributed by atoms with van der Waals surface area (Å²) in [6.45, 7) is 5.61. The third-order valence-corrected chi connectivity index (χ3v) is 4.40. The minimum Gasteiger partial charge on any atom is -0.313 e. The standard InChI is InChI=1S/C17H22N2/c1-3-18-16(17(2)10-11-17)12-14-9-8-13-6-4-5-7-15(13)19-14/h4-9,16,18H,3,10-12H2,1-2H3. The zero-order valence-corrected chi connectivity index (χ0v) is 11.8. The van der Waals surface area contributed by atoms with Gasteiger partial charge in [0.1, 0.15) is 0 Å². The van der Waals surface area contributed by atoms with Gasteiger partial charge >= 0.3 is 0 Å². The second-order valence-electron chi connectivity index (χ2n) is 5.96. The molecule has 2 heteroatoms. The molecule has 1 N–H and O–H groups in total. The fraction of sp³-hybridized carbons (Fsp3) is 0.471. The van der Waals surface area contributed by atoms with Crippen LogP contribution in [0.25, 0.3) is 10.9 Å². The summed E-state index contributed by atoms with van der Waals surface area (Å²) >= 11 is 0. The molecule has 1 saturated carbocycles. The Bertz CT molecular complexity index is 572. The summed E-state index contributed by atoms with van der Waals surface area (Å²) < 4.78 is 0. The predicted octanol–water partition coefficient (Wildman–Crippen LogP) is 3.56. The van der Waals surface area contributed by atoms with E-state index in [0.717, 1.165) is 18.5 Å². The fourth-order valence-corrected chi connectivity index (χ4v) is 2.79. The van der Waals surface area contributed by atoms with Crippen molar-refractivity contribution in [3.8, 4) is 0 Å². The number of hydrogen-bond donors (Lipinski definition) is 1. The maximum atomic E-state index is 4.80. The summed E-state index contributed by atoms with van der Waals surface area (Å²) in [4.78, 5) is 4.80. The molecule has 1 unspecified atom stereocenters. The van der Waals surface area contributed by atoms with Crippen molar-refractivity contribution in [2.75, 3.05) is 6.54 Å². The average Bonchev–Trinajstić information content (AvgIpc) is 3.17. The molecule has 1 heterocycles. The van der Waals surface area contributed by atoms with E-state index in [0.29, 0.717) is 11.5 Å². The molecule has 0 saturated heterocycles. The van der Waals surface area contributed by atoms with Crippen molar-refractivity contribution in [2.45, 2.75) is 39.2 Å². The minimum atomic E-state index is 0.489. The molecule has 0 bridgehead atoms. The summed E-state index contributed by atoms with van der Waals surface area (Å²) in [5, 5.41) is 4.87. The molecule has 0 amide bonds. The molecular weight excluding hydrogens is 232 g/mol. The number of rotatable bonds is 5. The van der Waals surface area contributed by atoms with Gasteiger partial charge in [-0.3, -0.25) is 4.98 Å². The summed E-state index contributed by atoms with van der Waals surface area (Å²) in [5.74, 6) is 0. The molecule has 0 spiro atoms. The SMILES string of the molecule is CCNC(Cc1ccc2ccccc2n1)C1(C)CC1. The number of benzene rings is 1. The highest BCUT2D eigenvalue weighted by Gasteiger charge is 2.44. The summed E-state index contributed by atoms with van der Waals surface area (Å²) in [7, 11) is 0. The Morgan fingerprint density at radius 2 is 2.00 bits per heavy atom. The van der Waals surface area contributed by atoms with Crippen molar-refractivity contribution in [1.29, 1.82) is 0 Å². The van der Waals surface area contributed by atoms with Crippen LogP contribution in [0, 0.1) is 5.41 Å². The lowest BCUT2D eigenvalue weighted by Gasteiger charge is -2.24. The van der Waals surface area contributed by atoms with Crippen LogP contribution >= 0.6 is 0 Å². The van der Waals surface area contributed by atoms with Gasteiger partial charge in [-0.05, 0) is 36.9 Å². The number of pyridine rings is 1. The molecule has 1 aliphatic rings. The van der Waals surface area contributed by atoms with Gasteiger partial charge in [0.2, 0.25) is 0 Å². The molecule has 0 aliphatic heterocycles. The number of fused-ring (bicyclic) bond motifs is 1. The monoisotopic (exact) mass is 254 g/mol. The third-order valence-electron chi connectivity index (χ3n) is 4.40. The molecule has 2 nitrogen and oxygen atoms in total. The van der Waals surface area contributed by atoms with Crippen LogP contribution in [0.5, 0.6) is 0 Å². The zero-order valence-electron chi connectivity index (χ0n) is 11.8.